The van der Waals surface area contributed by atoms with E-state index in [0.717, 1.165) is 24.2 Å². The number of hydrogen-bond donors (Lipinski definition) is 0. The number of benzene rings is 12. The molecule has 2 aliphatic heterocycles. The minimum absolute atomic E-state index is 1.01. The predicted octanol–water partition coefficient (Wildman–Crippen LogP) is 19.6. The summed E-state index contributed by atoms with van der Waals surface area (Å²) in [5.74, 6) is 0. The van der Waals surface area contributed by atoms with E-state index in [2.05, 4.69) is 240 Å². The number of aryl methyl sites for hydroxylation is 1. The van der Waals surface area contributed by atoms with Crippen LogP contribution in [0.25, 0.3) is 82.2 Å². The van der Waals surface area contributed by atoms with Crippen LogP contribution in [-0.4, -0.2) is 0 Å². The molecule has 0 N–H and O–H groups in total. The molecule has 4 heteroatoms. The number of nitrogens with zero attached hydrogens (tertiary/aromatic N) is 2. The summed E-state index contributed by atoms with van der Waals surface area (Å²) in [6, 6.07) is 82.2. The topological polar surface area (TPSA) is 6.48 Å². The third-order valence-corrected chi connectivity index (χ3v) is 17.1. The number of anilines is 6. The van der Waals surface area contributed by atoms with E-state index < -0.39 is 0 Å². The molecule has 0 atom stereocenters. The second-order valence-corrected chi connectivity index (χ2v) is 20.8. The predicted molar refractivity (Wildman–Crippen MR) is 300 cm³/mol. The van der Waals surface area contributed by atoms with Crippen molar-refractivity contribution in [3.8, 4) is 22.3 Å². The molecular formula is C66H42N2S2. The van der Waals surface area contributed by atoms with Gasteiger partial charge in [0.05, 0.1) is 22.7 Å². The van der Waals surface area contributed by atoms with E-state index in [1.165, 1.54) is 130 Å². The monoisotopic (exact) mass is 926 g/mol. The van der Waals surface area contributed by atoms with E-state index in [-0.39, 0.29) is 0 Å². The van der Waals surface area contributed by atoms with Crippen molar-refractivity contribution in [2.75, 3.05) is 9.80 Å². The van der Waals surface area contributed by atoms with Gasteiger partial charge < -0.3 is 9.80 Å². The highest BCUT2D eigenvalue weighted by Gasteiger charge is 2.29. The lowest BCUT2D eigenvalue weighted by Gasteiger charge is -2.34. The second kappa shape index (κ2) is 15.8. The summed E-state index contributed by atoms with van der Waals surface area (Å²) in [5, 5.41) is 12.5. The molecule has 3 aliphatic rings. The maximum atomic E-state index is 2.54. The van der Waals surface area contributed by atoms with Crippen LogP contribution in [0, 0.1) is 0 Å². The third kappa shape index (κ3) is 6.03. The van der Waals surface area contributed by atoms with Crippen LogP contribution in [0.15, 0.2) is 244 Å². The van der Waals surface area contributed by atoms with Gasteiger partial charge in [-0.3, -0.25) is 0 Å². The average Bonchev–Trinajstić information content (AvgIpc) is 3.42. The molecule has 2 heterocycles. The Morgan fingerprint density at radius 1 is 0.329 bits per heavy atom. The van der Waals surface area contributed by atoms with Crippen molar-refractivity contribution in [3.63, 3.8) is 0 Å². The van der Waals surface area contributed by atoms with Gasteiger partial charge in [-0.2, -0.15) is 0 Å². The summed E-state index contributed by atoms with van der Waals surface area (Å²) in [5.41, 5.74) is 14.9. The van der Waals surface area contributed by atoms with Crippen LogP contribution in [-0.2, 0) is 6.42 Å². The zero-order chi connectivity index (χ0) is 45.9. The quantitative estimate of drug-likeness (QED) is 0.128. The maximum absolute atomic E-state index is 2.54. The van der Waals surface area contributed by atoms with Gasteiger partial charge in [-0.15, -0.1) is 0 Å². The summed E-state index contributed by atoms with van der Waals surface area (Å²) in [6.07, 6.45) is 6.75. The highest BCUT2D eigenvalue weighted by molar-refractivity contribution is 8.00. The normalized spacial score (nSPS) is 13.7. The molecule has 0 spiro atoms. The molecule has 0 bridgehead atoms. The van der Waals surface area contributed by atoms with Gasteiger partial charge in [-0.05, 0) is 185 Å². The smallest absolute Gasteiger partial charge is 0.0601 e. The standard InChI is InChI=1S/C66H42N2S2/c1-3-19-45-41(17-1)37-53(49-23-7-5-21-47(45)49)65-51-35-33-44(68-59-27-11-15-31-63(59)70-64-32-16-12-28-60(64)68)40-56(51)66(54-38-42-18-2-4-20-46(42)48-22-6-8-24-50(48)54)52-36-34-43(39-55(52)65)67-57-25-9-13-29-61(57)69-62-30-14-10-26-58(62)67/h1,3-17,19-40H,2,18H2. The van der Waals surface area contributed by atoms with Crippen molar-refractivity contribution >= 4 is 118 Å². The molecule has 0 saturated heterocycles. The number of hydrogen-bond acceptors (Lipinski definition) is 4. The van der Waals surface area contributed by atoms with E-state index >= 15 is 0 Å². The summed E-state index contributed by atoms with van der Waals surface area (Å²) >= 11 is 3.71. The maximum Gasteiger partial charge on any atom is 0.0601 e. The first kappa shape index (κ1) is 39.9. The Labute approximate surface area is 415 Å². The molecule has 0 amide bonds. The fourth-order valence-electron chi connectivity index (χ4n) is 11.8. The molecule has 0 unspecified atom stereocenters. The molecule has 2 nitrogen and oxygen atoms in total. The van der Waals surface area contributed by atoms with Gasteiger partial charge in [0.15, 0.2) is 0 Å². The van der Waals surface area contributed by atoms with E-state index in [9.17, 15) is 0 Å². The minimum Gasteiger partial charge on any atom is -0.308 e. The van der Waals surface area contributed by atoms with Gasteiger partial charge in [-0.1, -0.05) is 169 Å². The third-order valence-electron chi connectivity index (χ3n) is 14.8. The van der Waals surface area contributed by atoms with Crippen molar-refractivity contribution in [1.29, 1.82) is 0 Å². The number of para-hydroxylation sites is 4. The van der Waals surface area contributed by atoms with Crippen LogP contribution in [0.1, 0.15) is 17.5 Å². The molecule has 12 aromatic carbocycles. The van der Waals surface area contributed by atoms with Gasteiger partial charge in [0.2, 0.25) is 0 Å². The van der Waals surface area contributed by atoms with Crippen molar-refractivity contribution in [2.45, 2.75) is 32.4 Å². The molecule has 328 valence electrons. The first-order valence-electron chi connectivity index (χ1n) is 24.2. The van der Waals surface area contributed by atoms with Crippen LogP contribution in [0.2, 0.25) is 0 Å². The summed E-state index contributed by atoms with van der Waals surface area (Å²) in [7, 11) is 0. The van der Waals surface area contributed by atoms with Crippen LogP contribution in [0.3, 0.4) is 0 Å². The van der Waals surface area contributed by atoms with Gasteiger partial charge >= 0.3 is 0 Å². The van der Waals surface area contributed by atoms with Crippen LogP contribution < -0.4 is 9.80 Å². The lowest BCUT2D eigenvalue weighted by molar-refractivity contribution is 0.990. The largest absolute Gasteiger partial charge is 0.308 e. The first-order valence-corrected chi connectivity index (χ1v) is 25.8. The Bertz CT molecular complexity index is 4130. The average molecular weight is 927 g/mol. The van der Waals surface area contributed by atoms with E-state index in [0.29, 0.717) is 0 Å². The van der Waals surface area contributed by atoms with Gasteiger partial charge in [-0.25, -0.2) is 0 Å². The van der Waals surface area contributed by atoms with Crippen LogP contribution >= 0.6 is 23.5 Å². The lowest BCUT2D eigenvalue weighted by Crippen LogP contribution is -2.15. The first-order chi connectivity index (χ1) is 34.7. The molecule has 0 fully saturated rings. The van der Waals surface area contributed by atoms with E-state index in [1.807, 2.05) is 23.5 Å². The van der Waals surface area contributed by atoms with Gasteiger partial charge in [0.25, 0.3) is 0 Å². The Morgan fingerprint density at radius 2 is 0.757 bits per heavy atom. The molecular weight excluding hydrogens is 885 g/mol. The van der Waals surface area contributed by atoms with Gasteiger partial charge in [0.1, 0.15) is 0 Å². The summed E-state index contributed by atoms with van der Waals surface area (Å²) < 4.78 is 0. The lowest BCUT2D eigenvalue weighted by atomic mass is 9.81. The van der Waals surface area contributed by atoms with E-state index in [1.54, 1.807) is 0 Å². The second-order valence-electron chi connectivity index (χ2n) is 18.6. The minimum atomic E-state index is 1.01. The van der Waals surface area contributed by atoms with Crippen molar-refractivity contribution in [2.24, 2.45) is 0 Å². The Morgan fingerprint density at radius 3 is 1.30 bits per heavy atom. The number of fused-ring (bicyclic) bond motifs is 12. The number of allylic oxidation sites excluding steroid dienone is 1. The highest BCUT2D eigenvalue weighted by atomic mass is 32.2. The molecule has 1 aliphatic carbocycles. The summed E-state index contributed by atoms with van der Waals surface area (Å²) in [6.45, 7) is 0. The fraction of sp³-hybridized carbons (Fsp3) is 0.0303. The number of rotatable bonds is 4. The Balaban J connectivity index is 1.12. The zero-order valence-corrected chi connectivity index (χ0v) is 39.7. The van der Waals surface area contributed by atoms with Crippen molar-refractivity contribution < 1.29 is 0 Å². The fourth-order valence-corrected chi connectivity index (χ4v) is 13.9. The molecule has 70 heavy (non-hydrogen) atoms. The zero-order valence-electron chi connectivity index (χ0n) is 38.1. The Kier molecular flexibility index (Phi) is 8.99. The van der Waals surface area contributed by atoms with Crippen LogP contribution in [0.5, 0.6) is 0 Å². The van der Waals surface area contributed by atoms with Crippen LogP contribution in [0.4, 0.5) is 34.1 Å². The molecule has 0 radical (unpaired) electrons. The highest BCUT2D eigenvalue weighted by Crippen LogP contribution is 2.56. The molecule has 12 aromatic rings. The molecule has 0 aromatic heterocycles. The SMILES string of the molecule is C1=Cc2c(cc(-c3c4cc(N5c6ccccc6Sc6ccccc65)ccc4c(-c4cc5ccccc5c5ccccc45)c4cc(N5c6ccccc6Sc6ccccc65)ccc34)c3ccccc23)CC1. The summed E-state index contributed by atoms with van der Waals surface area (Å²) in [4.78, 5) is 9.99. The molecule has 15 rings (SSSR count). The van der Waals surface area contributed by atoms with E-state index in [4.69, 9.17) is 0 Å². The van der Waals surface area contributed by atoms with Crippen molar-refractivity contribution in [3.05, 3.63) is 236 Å². The van der Waals surface area contributed by atoms with Gasteiger partial charge in [0, 0.05) is 31.0 Å². The van der Waals surface area contributed by atoms with Crippen molar-refractivity contribution in [1.82, 2.24) is 0 Å². The Hall–Kier alpha value is -8.02. The molecule has 0 saturated carbocycles.